The molecule has 4 heteroatoms. The van der Waals surface area contributed by atoms with Crippen LogP contribution in [-0.2, 0) is 9.53 Å². The Bertz CT molecular complexity index is 494. The maximum atomic E-state index is 13.1. The summed E-state index contributed by atoms with van der Waals surface area (Å²) in [6.07, 6.45) is 14.8. The highest BCUT2D eigenvalue weighted by molar-refractivity contribution is 5.76. The van der Waals surface area contributed by atoms with Crippen molar-refractivity contribution in [2.24, 2.45) is 23.7 Å². The Morgan fingerprint density at radius 2 is 1.88 bits per heavy atom. The lowest BCUT2D eigenvalue weighted by molar-refractivity contribution is -0.133. The highest BCUT2D eigenvalue weighted by atomic mass is 16.5. The van der Waals surface area contributed by atoms with Gasteiger partial charge in [0.05, 0.1) is 13.2 Å². The minimum absolute atomic E-state index is 0.428. The van der Waals surface area contributed by atoms with E-state index in [1.54, 1.807) is 0 Å². The molecule has 0 N–H and O–H groups in total. The van der Waals surface area contributed by atoms with Gasteiger partial charge in [0.2, 0.25) is 5.91 Å². The molecule has 0 spiro atoms. The maximum absolute atomic E-state index is 13.1. The van der Waals surface area contributed by atoms with Crippen LogP contribution in [0.4, 0.5) is 0 Å². The van der Waals surface area contributed by atoms with E-state index in [4.69, 9.17) is 4.74 Å². The summed E-state index contributed by atoms with van der Waals surface area (Å²) in [6.45, 7) is 6.62. The van der Waals surface area contributed by atoms with Crippen LogP contribution in [0.3, 0.4) is 0 Å². The number of hydrogen-bond acceptors (Lipinski definition) is 3. The summed E-state index contributed by atoms with van der Waals surface area (Å²) in [5, 5.41) is 0. The molecule has 2 saturated carbocycles. The van der Waals surface area contributed by atoms with E-state index >= 15 is 0 Å². The van der Waals surface area contributed by atoms with Gasteiger partial charge in [0.1, 0.15) is 0 Å². The van der Waals surface area contributed by atoms with E-state index in [-0.39, 0.29) is 0 Å². The van der Waals surface area contributed by atoms with E-state index in [0.29, 0.717) is 17.7 Å². The summed E-state index contributed by atoms with van der Waals surface area (Å²) in [4.78, 5) is 17.8. The molecule has 1 heterocycles. The second kappa shape index (κ2) is 8.88. The van der Waals surface area contributed by atoms with Crippen LogP contribution in [0.15, 0.2) is 12.2 Å². The predicted octanol–water partition coefficient (Wildman–Crippen LogP) is 3.33. The van der Waals surface area contributed by atoms with Gasteiger partial charge in [-0.3, -0.25) is 9.69 Å². The van der Waals surface area contributed by atoms with E-state index in [2.05, 4.69) is 22.0 Å². The number of morpholine rings is 1. The van der Waals surface area contributed by atoms with Gasteiger partial charge >= 0.3 is 0 Å². The van der Waals surface area contributed by atoms with Gasteiger partial charge < -0.3 is 9.64 Å². The Labute approximate surface area is 158 Å². The summed E-state index contributed by atoms with van der Waals surface area (Å²) in [7, 11) is 0. The van der Waals surface area contributed by atoms with Crippen LogP contribution < -0.4 is 0 Å². The SMILES string of the molecule is O=C(CC1CCCCC1)N(CCN1CCOCC1)C[C@@H]1C[C@H]2C=C[C@@H]1C2. The average Bonchev–Trinajstić information content (AvgIpc) is 3.30. The Kier molecular flexibility index (Phi) is 6.31. The van der Waals surface area contributed by atoms with Crippen molar-refractivity contribution in [1.29, 1.82) is 0 Å². The first-order chi connectivity index (χ1) is 12.8. The topological polar surface area (TPSA) is 32.8 Å². The molecule has 0 radical (unpaired) electrons. The standard InChI is InChI=1S/C22H36N2O2/c25-22(16-18-4-2-1-3-5-18)24(9-8-23-10-12-26-13-11-23)17-21-15-19-6-7-20(21)14-19/h6-7,18-21H,1-5,8-17H2/t19-,20+,21-/m0/s1. The van der Waals surface area contributed by atoms with Crippen molar-refractivity contribution in [3.05, 3.63) is 12.2 Å². The van der Waals surface area contributed by atoms with Crippen LogP contribution >= 0.6 is 0 Å². The van der Waals surface area contributed by atoms with Gasteiger partial charge in [-0.2, -0.15) is 0 Å². The van der Waals surface area contributed by atoms with Gasteiger partial charge in [-0.05, 0) is 49.4 Å². The lowest BCUT2D eigenvalue weighted by atomic mass is 9.86. The fourth-order valence-corrected chi connectivity index (χ4v) is 5.56. The number of allylic oxidation sites excluding steroid dienone is 2. The van der Waals surface area contributed by atoms with Gasteiger partial charge in [0, 0.05) is 39.1 Å². The Morgan fingerprint density at radius 3 is 2.58 bits per heavy atom. The first-order valence-electron chi connectivity index (χ1n) is 11.0. The molecule has 3 fully saturated rings. The van der Waals surface area contributed by atoms with Gasteiger partial charge in [-0.1, -0.05) is 31.4 Å². The summed E-state index contributed by atoms with van der Waals surface area (Å²) < 4.78 is 5.47. The molecule has 1 saturated heterocycles. The van der Waals surface area contributed by atoms with E-state index in [0.717, 1.165) is 64.2 Å². The fraction of sp³-hybridized carbons (Fsp3) is 0.864. The normalized spacial score (nSPS) is 32.2. The zero-order valence-corrected chi connectivity index (χ0v) is 16.3. The molecule has 2 bridgehead atoms. The van der Waals surface area contributed by atoms with E-state index < -0.39 is 0 Å². The summed E-state index contributed by atoms with van der Waals surface area (Å²) >= 11 is 0. The van der Waals surface area contributed by atoms with Crippen LogP contribution in [0.1, 0.15) is 51.4 Å². The molecule has 0 aromatic carbocycles. The van der Waals surface area contributed by atoms with Gasteiger partial charge in [-0.25, -0.2) is 0 Å². The number of fused-ring (bicyclic) bond motifs is 2. The van der Waals surface area contributed by atoms with Gasteiger partial charge in [0.25, 0.3) is 0 Å². The highest BCUT2D eigenvalue weighted by Crippen LogP contribution is 2.43. The average molecular weight is 361 g/mol. The third kappa shape index (κ3) is 4.69. The number of nitrogens with zero attached hydrogens (tertiary/aromatic N) is 2. The molecular formula is C22H36N2O2. The van der Waals surface area contributed by atoms with Crippen LogP contribution in [-0.4, -0.2) is 61.6 Å². The number of amides is 1. The number of hydrogen-bond donors (Lipinski definition) is 0. The molecule has 1 amide bonds. The second-order valence-corrected chi connectivity index (χ2v) is 9.04. The molecule has 146 valence electrons. The third-order valence-electron chi connectivity index (χ3n) is 7.20. The van der Waals surface area contributed by atoms with E-state index in [9.17, 15) is 4.79 Å². The van der Waals surface area contributed by atoms with Crippen molar-refractivity contribution < 1.29 is 9.53 Å². The molecule has 0 aromatic heterocycles. The molecule has 0 aromatic rings. The lowest BCUT2D eigenvalue weighted by Crippen LogP contribution is -2.45. The smallest absolute Gasteiger partial charge is 0.222 e. The molecule has 26 heavy (non-hydrogen) atoms. The largest absolute Gasteiger partial charge is 0.379 e. The predicted molar refractivity (Wildman–Crippen MR) is 104 cm³/mol. The molecule has 4 rings (SSSR count). The second-order valence-electron chi connectivity index (χ2n) is 9.04. The Morgan fingerprint density at radius 1 is 1.08 bits per heavy atom. The molecule has 4 nitrogen and oxygen atoms in total. The van der Waals surface area contributed by atoms with Crippen molar-refractivity contribution in [3.63, 3.8) is 0 Å². The highest BCUT2D eigenvalue weighted by Gasteiger charge is 2.37. The zero-order valence-electron chi connectivity index (χ0n) is 16.3. The Hall–Kier alpha value is -0.870. The Balaban J connectivity index is 1.33. The third-order valence-corrected chi connectivity index (χ3v) is 7.20. The molecule has 4 aliphatic rings. The van der Waals surface area contributed by atoms with Crippen molar-refractivity contribution in [2.75, 3.05) is 45.9 Å². The van der Waals surface area contributed by atoms with Crippen LogP contribution in [0, 0.1) is 23.7 Å². The van der Waals surface area contributed by atoms with Crippen LogP contribution in [0.25, 0.3) is 0 Å². The monoisotopic (exact) mass is 360 g/mol. The van der Waals surface area contributed by atoms with Gasteiger partial charge in [0.15, 0.2) is 0 Å². The fourth-order valence-electron chi connectivity index (χ4n) is 5.56. The lowest BCUT2D eigenvalue weighted by Gasteiger charge is -2.33. The maximum Gasteiger partial charge on any atom is 0.222 e. The summed E-state index contributed by atoms with van der Waals surface area (Å²) in [6, 6.07) is 0. The molecule has 0 unspecified atom stereocenters. The number of carbonyl (C=O) groups is 1. The summed E-state index contributed by atoms with van der Waals surface area (Å²) in [5.41, 5.74) is 0. The van der Waals surface area contributed by atoms with Gasteiger partial charge in [-0.15, -0.1) is 0 Å². The first kappa shape index (κ1) is 18.5. The zero-order chi connectivity index (χ0) is 17.8. The molecule has 3 aliphatic carbocycles. The quantitative estimate of drug-likeness (QED) is 0.653. The van der Waals surface area contributed by atoms with Crippen LogP contribution in [0.2, 0.25) is 0 Å². The molecule has 1 aliphatic heterocycles. The van der Waals surface area contributed by atoms with Crippen molar-refractivity contribution in [2.45, 2.75) is 51.4 Å². The van der Waals surface area contributed by atoms with Crippen molar-refractivity contribution in [1.82, 2.24) is 9.80 Å². The number of ether oxygens (including phenoxy) is 1. The van der Waals surface area contributed by atoms with E-state index in [1.165, 1.54) is 44.9 Å². The molecular weight excluding hydrogens is 324 g/mol. The number of carbonyl (C=O) groups excluding carboxylic acids is 1. The van der Waals surface area contributed by atoms with Crippen molar-refractivity contribution in [3.8, 4) is 0 Å². The van der Waals surface area contributed by atoms with Crippen molar-refractivity contribution >= 4 is 5.91 Å². The molecule has 3 atom stereocenters. The summed E-state index contributed by atoms with van der Waals surface area (Å²) in [5.74, 6) is 3.29. The van der Waals surface area contributed by atoms with Crippen LogP contribution in [0.5, 0.6) is 0 Å². The van der Waals surface area contributed by atoms with E-state index in [1.807, 2.05) is 0 Å². The number of rotatable bonds is 7. The minimum Gasteiger partial charge on any atom is -0.379 e. The minimum atomic E-state index is 0.428. The first-order valence-corrected chi connectivity index (χ1v) is 11.0.